The fourth-order valence-corrected chi connectivity index (χ4v) is 2.26. The molecule has 2 aromatic rings. The van der Waals surface area contributed by atoms with Gasteiger partial charge in [0.2, 0.25) is 0 Å². The van der Waals surface area contributed by atoms with Crippen molar-refractivity contribution in [3.8, 4) is 0 Å². The third-order valence-electron chi connectivity index (χ3n) is 2.45. The predicted octanol–water partition coefficient (Wildman–Crippen LogP) is 0.523. The van der Waals surface area contributed by atoms with Crippen LogP contribution in [0, 0.1) is 0 Å². The number of rotatable bonds is 4. The number of hydrogen-bond acceptors (Lipinski definition) is 4. The Balaban J connectivity index is 2.22. The molecule has 0 amide bonds. The Labute approximate surface area is 106 Å². The highest BCUT2D eigenvalue weighted by Gasteiger charge is 2.16. The van der Waals surface area contributed by atoms with Gasteiger partial charge in [-0.3, -0.25) is 4.98 Å². The first-order valence-electron chi connectivity index (χ1n) is 5.35. The maximum absolute atomic E-state index is 11.8. The van der Waals surface area contributed by atoms with Crippen molar-refractivity contribution in [1.29, 1.82) is 0 Å². The molecule has 2 aromatic heterocycles. The number of nitrogens with zero attached hydrogens (tertiary/aromatic N) is 4. The fraction of sp³-hybridized carbons (Fsp3) is 0.273. The van der Waals surface area contributed by atoms with Crippen LogP contribution >= 0.6 is 0 Å². The van der Waals surface area contributed by atoms with Gasteiger partial charge in [-0.15, -0.1) is 0 Å². The number of pyridine rings is 1. The molecule has 0 fully saturated rings. The van der Waals surface area contributed by atoms with Crippen molar-refractivity contribution in [2.24, 2.45) is 0 Å². The van der Waals surface area contributed by atoms with Gasteiger partial charge in [0.25, 0.3) is 0 Å². The van der Waals surface area contributed by atoms with E-state index in [0.717, 1.165) is 13.8 Å². The summed E-state index contributed by atoms with van der Waals surface area (Å²) in [6.45, 7) is 0. The lowest BCUT2D eigenvalue weighted by Crippen LogP contribution is -2.27. The molecule has 0 aromatic carbocycles. The monoisotopic (exact) mass is 266 g/mol. The first-order chi connectivity index (χ1) is 8.50. The molecule has 0 saturated carbocycles. The quantitative estimate of drug-likeness (QED) is 0.809. The molecule has 0 bridgehead atoms. The molecule has 0 aliphatic heterocycles. The molecule has 0 saturated heterocycles. The van der Waals surface area contributed by atoms with E-state index in [9.17, 15) is 8.42 Å². The highest BCUT2D eigenvalue weighted by molar-refractivity contribution is 7.87. The van der Waals surface area contributed by atoms with Crippen molar-refractivity contribution in [1.82, 2.24) is 18.2 Å². The highest BCUT2D eigenvalue weighted by Crippen LogP contribution is 2.08. The molecule has 0 unspecified atom stereocenters. The summed E-state index contributed by atoms with van der Waals surface area (Å²) >= 11 is 0. The van der Waals surface area contributed by atoms with Gasteiger partial charge < -0.3 is 0 Å². The Bertz CT molecular complexity index is 620. The van der Waals surface area contributed by atoms with Crippen molar-refractivity contribution < 1.29 is 8.42 Å². The van der Waals surface area contributed by atoms with Gasteiger partial charge in [-0.05, 0) is 11.6 Å². The zero-order valence-electron chi connectivity index (χ0n) is 10.2. The molecule has 96 valence electrons. The number of hydrogen-bond donors (Lipinski definition) is 0. The standard InChI is InChI=1S/C11H14N4O2S/c1-14(2)18(16,17)15-8-11(13-9-15)6-10-4-3-5-12-7-10/h3-5,7-9H,6H2,1-2H3. The molecule has 0 spiro atoms. The van der Waals surface area contributed by atoms with Gasteiger partial charge in [-0.2, -0.15) is 12.7 Å². The summed E-state index contributed by atoms with van der Waals surface area (Å²) in [6.07, 6.45) is 6.81. The van der Waals surface area contributed by atoms with Gasteiger partial charge in [0.05, 0.1) is 5.69 Å². The maximum atomic E-state index is 11.8. The largest absolute Gasteiger partial charge is 0.308 e. The topological polar surface area (TPSA) is 68.1 Å². The number of aromatic nitrogens is 3. The lowest BCUT2D eigenvalue weighted by Gasteiger charge is -2.10. The second-order valence-corrected chi connectivity index (χ2v) is 6.07. The third kappa shape index (κ3) is 2.57. The van der Waals surface area contributed by atoms with Crippen molar-refractivity contribution in [2.45, 2.75) is 6.42 Å². The molecule has 7 heteroatoms. The summed E-state index contributed by atoms with van der Waals surface area (Å²) in [5.74, 6) is 0. The van der Waals surface area contributed by atoms with Crippen molar-refractivity contribution in [3.63, 3.8) is 0 Å². The Morgan fingerprint density at radius 3 is 2.78 bits per heavy atom. The van der Waals surface area contributed by atoms with E-state index in [2.05, 4.69) is 9.97 Å². The van der Waals surface area contributed by atoms with Gasteiger partial charge in [0.15, 0.2) is 0 Å². The lowest BCUT2D eigenvalue weighted by molar-refractivity contribution is 0.510. The molecule has 0 atom stereocenters. The van der Waals surface area contributed by atoms with E-state index in [1.807, 2.05) is 12.1 Å². The van der Waals surface area contributed by atoms with Crippen molar-refractivity contribution in [3.05, 3.63) is 48.3 Å². The third-order valence-corrected chi connectivity index (χ3v) is 4.10. The summed E-state index contributed by atoms with van der Waals surface area (Å²) in [6, 6.07) is 3.76. The van der Waals surface area contributed by atoms with Crippen LogP contribution in [0.5, 0.6) is 0 Å². The van der Waals surface area contributed by atoms with E-state index in [-0.39, 0.29) is 0 Å². The van der Waals surface area contributed by atoms with Crippen LogP contribution in [0.15, 0.2) is 37.1 Å². The van der Waals surface area contributed by atoms with E-state index in [4.69, 9.17) is 0 Å². The predicted molar refractivity (Wildman–Crippen MR) is 67.3 cm³/mol. The summed E-state index contributed by atoms with van der Waals surface area (Å²) in [4.78, 5) is 8.09. The molecular weight excluding hydrogens is 252 g/mol. The Morgan fingerprint density at radius 2 is 2.17 bits per heavy atom. The van der Waals surface area contributed by atoms with Gasteiger partial charge in [-0.25, -0.2) is 8.96 Å². The normalized spacial score (nSPS) is 11.9. The maximum Gasteiger partial charge on any atom is 0.308 e. The highest BCUT2D eigenvalue weighted by atomic mass is 32.2. The van der Waals surface area contributed by atoms with Crippen LogP contribution in [0.4, 0.5) is 0 Å². The van der Waals surface area contributed by atoms with E-state index < -0.39 is 10.2 Å². The fourth-order valence-electron chi connectivity index (χ4n) is 1.46. The second-order valence-electron chi connectivity index (χ2n) is 4.02. The van der Waals surface area contributed by atoms with Crippen LogP contribution in [0.3, 0.4) is 0 Å². The van der Waals surface area contributed by atoms with Crippen LogP contribution in [0.2, 0.25) is 0 Å². The van der Waals surface area contributed by atoms with Gasteiger partial charge in [0.1, 0.15) is 6.33 Å². The second kappa shape index (κ2) is 4.87. The molecule has 2 rings (SSSR count). The molecule has 18 heavy (non-hydrogen) atoms. The van der Waals surface area contributed by atoms with Crippen LogP contribution in [0.25, 0.3) is 0 Å². The summed E-state index contributed by atoms with van der Waals surface area (Å²) in [7, 11) is -0.512. The van der Waals surface area contributed by atoms with Crippen molar-refractivity contribution >= 4 is 10.2 Å². The Kier molecular flexibility index (Phi) is 3.44. The smallest absolute Gasteiger partial charge is 0.264 e. The van der Waals surface area contributed by atoms with Crippen LogP contribution < -0.4 is 0 Å². The average molecular weight is 266 g/mol. The molecule has 0 radical (unpaired) electrons. The molecular formula is C11H14N4O2S. The minimum absolute atomic E-state index is 0.559. The van der Waals surface area contributed by atoms with E-state index in [1.54, 1.807) is 12.4 Å². The van der Waals surface area contributed by atoms with Crippen LogP contribution in [-0.4, -0.2) is 40.8 Å². The van der Waals surface area contributed by atoms with E-state index >= 15 is 0 Å². The van der Waals surface area contributed by atoms with E-state index in [0.29, 0.717) is 12.1 Å². The average Bonchev–Trinajstić information content (AvgIpc) is 2.79. The molecule has 0 aliphatic carbocycles. The van der Waals surface area contributed by atoms with Gasteiger partial charge in [0, 0.05) is 39.1 Å². The van der Waals surface area contributed by atoms with Crippen LogP contribution in [-0.2, 0) is 16.6 Å². The number of imidazole rings is 1. The SMILES string of the molecule is CN(C)S(=O)(=O)n1cnc(Cc2cccnc2)c1. The van der Waals surface area contributed by atoms with Gasteiger partial charge in [-0.1, -0.05) is 6.07 Å². The zero-order valence-corrected chi connectivity index (χ0v) is 11.0. The van der Waals surface area contributed by atoms with E-state index in [1.165, 1.54) is 26.6 Å². The molecule has 0 aliphatic rings. The first kappa shape index (κ1) is 12.7. The molecule has 2 heterocycles. The van der Waals surface area contributed by atoms with Crippen LogP contribution in [0.1, 0.15) is 11.3 Å². The summed E-state index contributed by atoms with van der Waals surface area (Å²) < 4.78 is 25.9. The lowest BCUT2D eigenvalue weighted by atomic mass is 10.2. The molecule has 0 N–H and O–H groups in total. The summed E-state index contributed by atoms with van der Waals surface area (Å²) in [5, 5.41) is 0. The summed E-state index contributed by atoms with van der Waals surface area (Å²) in [5.41, 5.74) is 1.68. The minimum Gasteiger partial charge on any atom is -0.264 e. The Morgan fingerprint density at radius 1 is 1.39 bits per heavy atom. The minimum atomic E-state index is -3.48. The van der Waals surface area contributed by atoms with Crippen molar-refractivity contribution in [2.75, 3.05) is 14.1 Å². The first-order valence-corrected chi connectivity index (χ1v) is 6.74. The Hall–Kier alpha value is -1.73. The van der Waals surface area contributed by atoms with Gasteiger partial charge >= 0.3 is 10.2 Å². The molecule has 6 nitrogen and oxygen atoms in total. The zero-order chi connectivity index (χ0) is 13.2.